The summed E-state index contributed by atoms with van der Waals surface area (Å²) in [5.41, 5.74) is 5.00. The van der Waals surface area contributed by atoms with E-state index in [0.717, 1.165) is 34.4 Å². The van der Waals surface area contributed by atoms with Crippen LogP contribution in [0.3, 0.4) is 0 Å². The van der Waals surface area contributed by atoms with Crippen molar-refractivity contribution in [3.05, 3.63) is 89.7 Å². The second kappa shape index (κ2) is 13.2. The summed E-state index contributed by atoms with van der Waals surface area (Å²) in [7, 11) is 0. The number of carbonyl (C=O) groups is 1. The molecule has 1 amide bonds. The van der Waals surface area contributed by atoms with Gasteiger partial charge in [0.05, 0.1) is 23.2 Å². The van der Waals surface area contributed by atoms with Crippen LogP contribution >= 0.6 is 11.8 Å². The van der Waals surface area contributed by atoms with Gasteiger partial charge in [0.25, 0.3) is 6.41 Å². The van der Waals surface area contributed by atoms with Gasteiger partial charge in [0.1, 0.15) is 12.1 Å². The third kappa shape index (κ3) is 7.47. The molecule has 44 heavy (non-hydrogen) atoms. The van der Waals surface area contributed by atoms with E-state index in [-0.39, 0.29) is 23.5 Å². The number of para-hydroxylation sites is 1. The first-order valence-electron chi connectivity index (χ1n) is 13.8. The molecule has 1 aromatic heterocycles. The standard InChI is InChI=1S/C31H30F3N5O4S/c1-4-22-7-5-6-19(2)27(22)39-26(40)17-44-29(39)36-30(41)42-20(3)16-21-8-10-23(11-9-21)28-35-18-38(37-28)24-12-14-25(15-13-24)43-31(32,33)34/h5-15,18,20,30,41H,4,16-17H2,1-3H3/b36-29-. The number of aliphatic hydroxyl groups is 1. The Kier molecular flexibility index (Phi) is 9.37. The number of aryl methyl sites for hydroxylation is 2. The first-order chi connectivity index (χ1) is 21.0. The van der Waals surface area contributed by atoms with E-state index in [1.54, 1.807) is 4.90 Å². The maximum absolute atomic E-state index is 12.8. The lowest BCUT2D eigenvalue weighted by molar-refractivity contribution is -0.274. The minimum atomic E-state index is -4.76. The van der Waals surface area contributed by atoms with Gasteiger partial charge in [-0.05, 0) is 67.6 Å². The van der Waals surface area contributed by atoms with Gasteiger partial charge in [0.2, 0.25) is 5.91 Å². The van der Waals surface area contributed by atoms with Crippen molar-refractivity contribution in [2.24, 2.45) is 4.99 Å². The van der Waals surface area contributed by atoms with Gasteiger partial charge in [-0.25, -0.2) is 14.7 Å². The molecule has 1 N–H and O–H groups in total. The highest BCUT2D eigenvalue weighted by Crippen LogP contribution is 2.33. The molecule has 0 radical (unpaired) electrons. The van der Waals surface area contributed by atoms with Crippen LogP contribution in [0.1, 0.15) is 30.5 Å². The van der Waals surface area contributed by atoms with Crippen LogP contribution in [0.2, 0.25) is 0 Å². The topological polar surface area (TPSA) is 102 Å². The Hall–Kier alpha value is -4.20. The third-order valence-electron chi connectivity index (χ3n) is 6.83. The Balaban J connectivity index is 1.20. The molecular formula is C31H30F3N5O4S. The van der Waals surface area contributed by atoms with Crippen LogP contribution in [-0.4, -0.2) is 55.6 Å². The minimum absolute atomic E-state index is 0.0918. The Morgan fingerprint density at radius 3 is 2.50 bits per heavy atom. The van der Waals surface area contributed by atoms with Crippen LogP contribution in [0, 0.1) is 6.92 Å². The minimum Gasteiger partial charge on any atom is -0.406 e. The van der Waals surface area contributed by atoms with Crippen LogP contribution in [0.15, 0.2) is 78.0 Å². The molecule has 0 saturated carbocycles. The second-order valence-corrected chi connectivity index (χ2v) is 11.0. The van der Waals surface area contributed by atoms with Crippen molar-refractivity contribution in [3.63, 3.8) is 0 Å². The number of thioether (sulfide) groups is 1. The average molecular weight is 626 g/mol. The Morgan fingerprint density at radius 1 is 1.09 bits per heavy atom. The number of amides is 1. The normalized spacial score (nSPS) is 16.0. The lowest BCUT2D eigenvalue weighted by Gasteiger charge is -2.23. The van der Waals surface area contributed by atoms with E-state index in [0.29, 0.717) is 23.1 Å². The molecular weight excluding hydrogens is 595 g/mol. The van der Waals surface area contributed by atoms with Gasteiger partial charge in [-0.3, -0.25) is 9.69 Å². The fourth-order valence-corrected chi connectivity index (χ4v) is 5.69. The number of carbonyl (C=O) groups excluding carboxylic acids is 1. The average Bonchev–Trinajstić information content (AvgIpc) is 3.60. The second-order valence-electron chi connectivity index (χ2n) is 10.1. The summed E-state index contributed by atoms with van der Waals surface area (Å²) in [5, 5.41) is 15.4. The van der Waals surface area contributed by atoms with Crippen molar-refractivity contribution >= 4 is 28.5 Å². The Bertz CT molecular complexity index is 1640. The smallest absolute Gasteiger partial charge is 0.406 e. The SMILES string of the molecule is CCc1cccc(C)c1N1C(=O)CS/C1=N\C(O)OC(C)Cc1ccc(-c2ncn(-c3ccc(OC(F)(F)F)cc3)n2)cc1. The Morgan fingerprint density at radius 2 is 1.82 bits per heavy atom. The highest BCUT2D eigenvalue weighted by molar-refractivity contribution is 8.15. The predicted molar refractivity (Wildman–Crippen MR) is 162 cm³/mol. The molecule has 0 spiro atoms. The Labute approximate surface area is 256 Å². The predicted octanol–water partition coefficient (Wildman–Crippen LogP) is 6.06. The summed E-state index contributed by atoms with van der Waals surface area (Å²) in [6.45, 7) is 5.80. The van der Waals surface area contributed by atoms with Gasteiger partial charge in [0.15, 0.2) is 11.0 Å². The number of aliphatic hydroxyl groups excluding tert-OH is 1. The number of hydrogen-bond acceptors (Lipinski definition) is 8. The van der Waals surface area contributed by atoms with E-state index in [9.17, 15) is 23.1 Å². The zero-order valence-corrected chi connectivity index (χ0v) is 25.0. The molecule has 5 rings (SSSR count). The molecule has 4 aromatic rings. The highest BCUT2D eigenvalue weighted by Gasteiger charge is 2.33. The van der Waals surface area contributed by atoms with Crippen molar-refractivity contribution < 1.29 is 32.5 Å². The number of aliphatic imine (C=N–C) groups is 1. The summed E-state index contributed by atoms with van der Waals surface area (Å²) in [5.74, 6) is 0.264. The molecule has 230 valence electrons. The molecule has 1 fully saturated rings. The quantitative estimate of drug-likeness (QED) is 0.214. The van der Waals surface area contributed by atoms with Crippen LogP contribution in [0.5, 0.6) is 5.75 Å². The third-order valence-corrected chi connectivity index (χ3v) is 7.77. The number of aromatic nitrogens is 3. The van der Waals surface area contributed by atoms with Gasteiger partial charge in [-0.15, -0.1) is 18.3 Å². The van der Waals surface area contributed by atoms with Gasteiger partial charge in [-0.2, -0.15) is 0 Å². The number of ether oxygens (including phenoxy) is 2. The van der Waals surface area contributed by atoms with Crippen molar-refractivity contribution in [1.82, 2.24) is 14.8 Å². The van der Waals surface area contributed by atoms with Crippen LogP contribution < -0.4 is 9.64 Å². The van der Waals surface area contributed by atoms with E-state index in [2.05, 4.69) is 19.8 Å². The number of benzene rings is 3. The van der Waals surface area contributed by atoms with E-state index in [1.165, 1.54) is 47.0 Å². The maximum atomic E-state index is 12.8. The van der Waals surface area contributed by atoms with Crippen LogP contribution in [-0.2, 0) is 22.4 Å². The van der Waals surface area contributed by atoms with E-state index >= 15 is 0 Å². The molecule has 1 aliphatic rings. The maximum Gasteiger partial charge on any atom is 0.573 e. The molecule has 2 unspecified atom stereocenters. The summed E-state index contributed by atoms with van der Waals surface area (Å²) in [6.07, 6.45) is -3.88. The zero-order valence-electron chi connectivity index (χ0n) is 24.2. The van der Waals surface area contributed by atoms with Crippen LogP contribution in [0.4, 0.5) is 18.9 Å². The number of halogens is 3. The highest BCUT2D eigenvalue weighted by atomic mass is 32.2. The molecule has 2 heterocycles. The number of nitrogens with zero attached hydrogens (tertiary/aromatic N) is 5. The van der Waals surface area contributed by atoms with E-state index in [1.807, 2.05) is 63.2 Å². The molecule has 2 atom stereocenters. The number of anilines is 1. The number of hydrogen-bond donors (Lipinski definition) is 1. The van der Waals surface area contributed by atoms with Crippen molar-refractivity contribution in [3.8, 4) is 22.8 Å². The summed E-state index contributed by atoms with van der Waals surface area (Å²) in [6, 6.07) is 18.7. The summed E-state index contributed by atoms with van der Waals surface area (Å²) in [4.78, 5) is 23.0. The van der Waals surface area contributed by atoms with Crippen molar-refractivity contribution in [2.45, 2.75) is 52.5 Å². The van der Waals surface area contributed by atoms with E-state index in [4.69, 9.17) is 4.74 Å². The van der Waals surface area contributed by atoms with Crippen LogP contribution in [0.25, 0.3) is 17.1 Å². The fraction of sp³-hybridized carbons (Fsp3) is 0.290. The number of rotatable bonds is 10. The largest absolute Gasteiger partial charge is 0.573 e. The molecule has 13 heteroatoms. The summed E-state index contributed by atoms with van der Waals surface area (Å²) >= 11 is 1.27. The van der Waals surface area contributed by atoms with Gasteiger partial charge in [-0.1, -0.05) is 61.2 Å². The molecule has 0 aliphatic carbocycles. The molecule has 0 bridgehead atoms. The van der Waals surface area contributed by atoms with Gasteiger partial charge in [0, 0.05) is 5.56 Å². The van der Waals surface area contributed by atoms with Gasteiger partial charge >= 0.3 is 6.36 Å². The van der Waals surface area contributed by atoms with Gasteiger partial charge < -0.3 is 14.6 Å². The first-order valence-corrected chi connectivity index (χ1v) is 14.8. The summed E-state index contributed by atoms with van der Waals surface area (Å²) < 4.78 is 48.3. The lowest BCUT2D eigenvalue weighted by atomic mass is 10.0. The van der Waals surface area contributed by atoms with Crippen molar-refractivity contribution in [2.75, 3.05) is 10.7 Å². The molecule has 3 aromatic carbocycles. The molecule has 1 saturated heterocycles. The van der Waals surface area contributed by atoms with E-state index < -0.39 is 12.8 Å². The lowest BCUT2D eigenvalue weighted by Crippen LogP contribution is -2.32. The first kappa shape index (κ1) is 31.2. The van der Waals surface area contributed by atoms with Crippen molar-refractivity contribution in [1.29, 1.82) is 0 Å². The monoisotopic (exact) mass is 625 g/mol. The zero-order chi connectivity index (χ0) is 31.4. The fourth-order valence-electron chi connectivity index (χ4n) is 4.83. The number of alkyl halides is 3. The number of amidine groups is 1. The molecule has 9 nitrogen and oxygen atoms in total. The molecule has 1 aliphatic heterocycles.